The van der Waals surface area contributed by atoms with Crippen LogP contribution in [-0.4, -0.2) is 19.5 Å². The molecule has 14 aromatic rings. The topological polar surface area (TPSA) is 69.9 Å². The summed E-state index contributed by atoms with van der Waals surface area (Å²) in [4.78, 5) is 16.2. The first-order valence-corrected chi connectivity index (χ1v) is 21.2. The smallest absolute Gasteiger partial charge is 0.167 e. The first-order chi connectivity index (χ1) is 31.2. The van der Waals surface area contributed by atoms with Gasteiger partial charge in [-0.3, -0.25) is 0 Å². The van der Waals surface area contributed by atoms with Gasteiger partial charge in [0, 0.05) is 37.9 Å². The molecule has 10 aromatic carbocycles. The van der Waals surface area contributed by atoms with E-state index in [1.807, 2.05) is 42.5 Å². The average molecular weight is 805 g/mol. The Labute approximate surface area is 358 Å². The fourth-order valence-electron chi connectivity index (χ4n) is 9.85. The Balaban J connectivity index is 1.16. The summed E-state index contributed by atoms with van der Waals surface area (Å²) in [5.74, 6) is 1.60. The maximum Gasteiger partial charge on any atom is 0.167 e. The molecule has 0 unspecified atom stereocenters. The molecular weight excluding hydrogens is 773 g/mol. The van der Waals surface area contributed by atoms with Gasteiger partial charge >= 0.3 is 0 Å². The van der Waals surface area contributed by atoms with Gasteiger partial charge in [-0.05, 0) is 93.0 Å². The minimum Gasteiger partial charge on any atom is -0.456 e. The van der Waals surface area contributed by atoms with Gasteiger partial charge in [0.05, 0.1) is 27.8 Å². The van der Waals surface area contributed by atoms with Gasteiger partial charge < -0.3 is 13.4 Å². The van der Waals surface area contributed by atoms with Crippen LogP contribution in [0, 0.1) is 0 Å². The minimum atomic E-state index is 0.518. The van der Waals surface area contributed by atoms with E-state index in [1.54, 1.807) is 0 Å². The van der Waals surface area contributed by atoms with E-state index in [2.05, 4.69) is 156 Å². The number of nitrogens with zero attached hydrogens (tertiary/aromatic N) is 4. The van der Waals surface area contributed by atoms with Crippen LogP contribution >= 0.6 is 0 Å². The summed E-state index contributed by atoms with van der Waals surface area (Å²) in [6, 6.07) is 68.1. The van der Waals surface area contributed by atoms with E-state index < -0.39 is 0 Å². The van der Waals surface area contributed by atoms with Gasteiger partial charge in [-0.2, -0.15) is 0 Å². The molecule has 4 heterocycles. The molecule has 6 heteroatoms. The quantitative estimate of drug-likeness (QED) is 0.177. The van der Waals surface area contributed by atoms with Crippen molar-refractivity contribution < 1.29 is 8.83 Å². The maximum atomic E-state index is 6.81. The normalized spacial score (nSPS) is 12.1. The van der Waals surface area contributed by atoms with Crippen LogP contribution in [0.5, 0.6) is 0 Å². The number of aromatic nitrogens is 4. The molecule has 14 rings (SSSR count). The molecule has 4 aromatic heterocycles. The molecule has 0 aliphatic rings. The lowest BCUT2D eigenvalue weighted by Gasteiger charge is -2.16. The first kappa shape index (κ1) is 34.1. The second kappa shape index (κ2) is 12.9. The van der Waals surface area contributed by atoms with Crippen molar-refractivity contribution in [2.75, 3.05) is 0 Å². The van der Waals surface area contributed by atoms with Crippen LogP contribution < -0.4 is 0 Å². The predicted molar refractivity (Wildman–Crippen MR) is 258 cm³/mol. The maximum absolute atomic E-state index is 6.81. The zero-order valence-corrected chi connectivity index (χ0v) is 33.6. The van der Waals surface area contributed by atoms with Crippen LogP contribution in [0.25, 0.3) is 138 Å². The highest BCUT2D eigenvalue weighted by molar-refractivity contribution is 6.20. The fourth-order valence-corrected chi connectivity index (χ4v) is 9.85. The average Bonchev–Trinajstić information content (AvgIpc) is 4.00. The van der Waals surface area contributed by atoms with Crippen LogP contribution in [-0.2, 0) is 0 Å². The molecule has 0 bridgehead atoms. The Hall–Kier alpha value is -8.61. The molecule has 0 atom stereocenters. The summed E-state index contributed by atoms with van der Waals surface area (Å²) in [6.07, 6.45) is 0. The van der Waals surface area contributed by atoms with Gasteiger partial charge in [0.25, 0.3) is 0 Å². The second-order valence-electron chi connectivity index (χ2n) is 16.4. The highest BCUT2D eigenvalue weighted by Crippen LogP contribution is 2.45. The van der Waals surface area contributed by atoms with E-state index >= 15 is 0 Å². The van der Waals surface area contributed by atoms with Crippen molar-refractivity contribution in [3.8, 4) is 39.9 Å². The molecule has 0 aliphatic heterocycles. The lowest BCUT2D eigenvalue weighted by Crippen LogP contribution is -2.04. The number of rotatable bonds is 4. The molecule has 0 spiro atoms. The number of furan rings is 2. The number of hydrogen-bond donors (Lipinski definition) is 0. The third-order valence-corrected chi connectivity index (χ3v) is 12.8. The lowest BCUT2D eigenvalue weighted by atomic mass is 10.0. The second-order valence-corrected chi connectivity index (χ2v) is 16.4. The Bertz CT molecular complexity index is 4120. The van der Waals surface area contributed by atoms with Gasteiger partial charge in [-0.15, -0.1) is 0 Å². The van der Waals surface area contributed by atoms with Gasteiger partial charge in [0.2, 0.25) is 0 Å². The van der Waals surface area contributed by atoms with Crippen LogP contribution in [0.2, 0.25) is 0 Å². The summed E-state index contributed by atoms with van der Waals surface area (Å²) in [6.45, 7) is 0. The van der Waals surface area contributed by atoms with Crippen LogP contribution in [0.1, 0.15) is 0 Å². The Kier molecular flexibility index (Phi) is 7.02. The van der Waals surface area contributed by atoms with E-state index in [4.69, 9.17) is 23.8 Å². The molecule has 0 fully saturated rings. The zero-order chi connectivity index (χ0) is 41.2. The molecule has 6 nitrogen and oxygen atoms in total. The predicted octanol–water partition coefficient (Wildman–Crippen LogP) is 15.2. The van der Waals surface area contributed by atoms with Crippen LogP contribution in [0.15, 0.2) is 203 Å². The summed E-state index contributed by atoms with van der Waals surface area (Å²) < 4.78 is 15.8. The fraction of sp³-hybridized carbons (Fsp3) is 0. The van der Waals surface area contributed by atoms with Crippen LogP contribution in [0.4, 0.5) is 0 Å². The third-order valence-electron chi connectivity index (χ3n) is 12.8. The van der Waals surface area contributed by atoms with E-state index in [-0.39, 0.29) is 0 Å². The third kappa shape index (κ3) is 5.09. The summed E-state index contributed by atoms with van der Waals surface area (Å²) in [5, 5.41) is 13.2. The van der Waals surface area contributed by atoms with Crippen molar-refractivity contribution in [3.63, 3.8) is 0 Å². The van der Waals surface area contributed by atoms with Gasteiger partial charge in [-0.25, -0.2) is 15.0 Å². The minimum absolute atomic E-state index is 0.518. The lowest BCUT2D eigenvalue weighted by molar-refractivity contribution is 0.669. The van der Waals surface area contributed by atoms with Crippen molar-refractivity contribution >= 4 is 98.0 Å². The molecule has 63 heavy (non-hydrogen) atoms. The van der Waals surface area contributed by atoms with Gasteiger partial charge in [-0.1, -0.05) is 133 Å². The number of para-hydroxylation sites is 2. The van der Waals surface area contributed by atoms with Gasteiger partial charge in [0.15, 0.2) is 17.5 Å². The zero-order valence-electron chi connectivity index (χ0n) is 33.6. The Morgan fingerprint density at radius 2 is 0.905 bits per heavy atom. The standard InChI is InChI=1S/C57H32N4O2/c1-2-13-33(14-3-1)55-58-56(42-23-12-22-41-40-21-10-11-24-49(40)63-54(41)42)60-57(59-55)53-46(25-26-50-52(53)45-29-36-17-6-9-20-39(36)32-51(45)62-50)61-47-30-37-18-7-4-15-34(37)27-43(47)44-28-35-16-5-8-19-38(35)31-48(44)61/h1-32H. The van der Waals surface area contributed by atoms with E-state index in [0.29, 0.717) is 17.5 Å². The summed E-state index contributed by atoms with van der Waals surface area (Å²) in [7, 11) is 0. The molecule has 0 saturated heterocycles. The van der Waals surface area contributed by atoms with Crippen molar-refractivity contribution in [2.45, 2.75) is 0 Å². The first-order valence-electron chi connectivity index (χ1n) is 21.2. The van der Waals surface area contributed by atoms with E-state index in [0.717, 1.165) is 98.8 Å². The Morgan fingerprint density at radius 1 is 0.349 bits per heavy atom. The molecule has 0 aliphatic carbocycles. The highest BCUT2D eigenvalue weighted by Gasteiger charge is 2.26. The van der Waals surface area contributed by atoms with Crippen molar-refractivity contribution in [2.24, 2.45) is 0 Å². The highest BCUT2D eigenvalue weighted by atomic mass is 16.3. The monoisotopic (exact) mass is 804 g/mol. The molecular formula is C57H32N4O2. The van der Waals surface area contributed by atoms with E-state index in [9.17, 15) is 0 Å². The Morgan fingerprint density at radius 3 is 1.60 bits per heavy atom. The molecule has 0 radical (unpaired) electrons. The number of hydrogen-bond acceptors (Lipinski definition) is 5. The molecule has 0 saturated carbocycles. The van der Waals surface area contributed by atoms with Crippen molar-refractivity contribution in [1.29, 1.82) is 0 Å². The van der Waals surface area contributed by atoms with Crippen LogP contribution in [0.3, 0.4) is 0 Å². The molecule has 292 valence electrons. The van der Waals surface area contributed by atoms with Crippen molar-refractivity contribution in [1.82, 2.24) is 19.5 Å². The SMILES string of the molecule is c1ccc(-c2nc(-c3cccc4c3oc3ccccc34)nc(-c3c(-n4c5cc6ccccc6cc5c5cc6ccccc6cc54)ccc4oc5cc6ccccc6cc5c34)n2)cc1. The van der Waals surface area contributed by atoms with E-state index in [1.165, 1.54) is 21.5 Å². The largest absolute Gasteiger partial charge is 0.456 e. The number of fused-ring (bicyclic) bond motifs is 12. The molecule has 0 N–H and O–H groups in total. The molecule has 0 amide bonds. The van der Waals surface area contributed by atoms with Gasteiger partial charge in [0.1, 0.15) is 22.3 Å². The summed E-state index contributed by atoms with van der Waals surface area (Å²) in [5.41, 5.74) is 8.71. The summed E-state index contributed by atoms with van der Waals surface area (Å²) >= 11 is 0. The number of benzene rings is 10. The van der Waals surface area contributed by atoms with Crippen molar-refractivity contribution in [3.05, 3.63) is 194 Å².